The van der Waals surface area contributed by atoms with Gasteiger partial charge in [-0.3, -0.25) is 4.79 Å². The third-order valence-corrected chi connectivity index (χ3v) is 4.45. The number of rotatable bonds is 3. The quantitative estimate of drug-likeness (QED) is 0.900. The van der Waals surface area contributed by atoms with Crippen molar-refractivity contribution < 1.29 is 9.90 Å². The number of hydrogen-bond donors (Lipinski definition) is 1. The molecule has 1 saturated carbocycles. The van der Waals surface area contributed by atoms with Gasteiger partial charge in [-0.25, -0.2) is 4.98 Å². The standard InChI is InChI=1S/C13H19NO2S/c1-9-3-5-13(16,6-4-9)12(15)7-11-8-17-10(2)14-11/h8-9,16H,3-7H2,1-2H3. The van der Waals surface area contributed by atoms with E-state index in [1.54, 1.807) is 11.3 Å². The molecular formula is C13H19NO2S. The number of nitrogens with zero attached hydrogens (tertiary/aromatic N) is 1. The Labute approximate surface area is 106 Å². The predicted octanol–water partition coefficient (Wildman–Crippen LogP) is 2.50. The van der Waals surface area contributed by atoms with Gasteiger partial charge in [-0.2, -0.15) is 0 Å². The SMILES string of the molecule is Cc1nc(CC(=O)C2(O)CCC(C)CC2)cs1. The number of Topliss-reactive ketones (excluding diaryl/α,β-unsaturated/α-hetero) is 1. The van der Waals surface area contributed by atoms with Gasteiger partial charge in [0.1, 0.15) is 5.60 Å². The summed E-state index contributed by atoms with van der Waals surface area (Å²) in [6.07, 6.45) is 3.37. The van der Waals surface area contributed by atoms with E-state index in [2.05, 4.69) is 11.9 Å². The molecule has 1 aromatic heterocycles. The van der Waals surface area contributed by atoms with Crippen LogP contribution in [0, 0.1) is 12.8 Å². The first-order valence-corrected chi connectivity index (χ1v) is 7.04. The molecule has 1 heterocycles. The molecule has 0 saturated heterocycles. The van der Waals surface area contributed by atoms with Crippen LogP contribution in [-0.2, 0) is 11.2 Å². The van der Waals surface area contributed by atoms with Crippen LogP contribution in [0.1, 0.15) is 43.3 Å². The summed E-state index contributed by atoms with van der Waals surface area (Å²) in [6, 6.07) is 0. The first kappa shape index (κ1) is 12.7. The molecular weight excluding hydrogens is 234 g/mol. The number of aryl methyl sites for hydroxylation is 1. The lowest BCUT2D eigenvalue weighted by atomic mass is 9.76. The van der Waals surface area contributed by atoms with Crippen LogP contribution in [0.15, 0.2) is 5.38 Å². The fraction of sp³-hybridized carbons (Fsp3) is 0.692. The van der Waals surface area contributed by atoms with E-state index in [1.165, 1.54) is 0 Å². The second kappa shape index (κ2) is 4.86. The largest absolute Gasteiger partial charge is 0.382 e. The molecule has 0 aliphatic heterocycles. The third-order valence-electron chi connectivity index (χ3n) is 3.63. The Morgan fingerprint density at radius 3 is 2.76 bits per heavy atom. The van der Waals surface area contributed by atoms with Crippen molar-refractivity contribution in [3.63, 3.8) is 0 Å². The van der Waals surface area contributed by atoms with Crippen molar-refractivity contribution in [2.24, 2.45) is 5.92 Å². The van der Waals surface area contributed by atoms with Gasteiger partial charge in [-0.1, -0.05) is 6.92 Å². The molecule has 1 aliphatic carbocycles. The molecule has 0 atom stereocenters. The molecule has 2 rings (SSSR count). The maximum atomic E-state index is 12.1. The van der Waals surface area contributed by atoms with Gasteiger partial charge in [0, 0.05) is 5.38 Å². The molecule has 1 aromatic rings. The van der Waals surface area contributed by atoms with Gasteiger partial charge in [-0.05, 0) is 38.5 Å². The molecule has 0 spiro atoms. The highest BCUT2D eigenvalue weighted by Gasteiger charge is 2.38. The highest BCUT2D eigenvalue weighted by molar-refractivity contribution is 7.09. The van der Waals surface area contributed by atoms with Crippen LogP contribution in [0.25, 0.3) is 0 Å². The molecule has 3 nitrogen and oxygen atoms in total. The number of ketones is 1. The van der Waals surface area contributed by atoms with Crippen LogP contribution in [0.3, 0.4) is 0 Å². The average Bonchev–Trinajstić information content (AvgIpc) is 2.68. The highest BCUT2D eigenvalue weighted by Crippen LogP contribution is 2.33. The molecule has 0 radical (unpaired) electrons. The number of aromatic nitrogens is 1. The third kappa shape index (κ3) is 2.93. The monoisotopic (exact) mass is 253 g/mol. The Hall–Kier alpha value is -0.740. The Morgan fingerprint density at radius 1 is 1.59 bits per heavy atom. The number of hydrogen-bond acceptors (Lipinski definition) is 4. The van der Waals surface area contributed by atoms with Gasteiger partial charge in [0.05, 0.1) is 17.1 Å². The zero-order chi connectivity index (χ0) is 12.5. The van der Waals surface area contributed by atoms with Crippen molar-refractivity contribution >= 4 is 17.1 Å². The van der Waals surface area contributed by atoms with E-state index >= 15 is 0 Å². The van der Waals surface area contributed by atoms with Crippen LogP contribution < -0.4 is 0 Å². The Morgan fingerprint density at radius 2 is 2.24 bits per heavy atom. The summed E-state index contributed by atoms with van der Waals surface area (Å²) >= 11 is 1.55. The number of aliphatic hydroxyl groups is 1. The number of thiazole rings is 1. The fourth-order valence-corrected chi connectivity index (χ4v) is 2.95. The van der Waals surface area contributed by atoms with Gasteiger partial charge in [0.25, 0.3) is 0 Å². The van der Waals surface area contributed by atoms with E-state index in [1.807, 2.05) is 12.3 Å². The van der Waals surface area contributed by atoms with Crippen molar-refractivity contribution in [1.82, 2.24) is 4.98 Å². The van der Waals surface area contributed by atoms with Crippen LogP contribution >= 0.6 is 11.3 Å². The topological polar surface area (TPSA) is 50.2 Å². The van der Waals surface area contributed by atoms with Crippen LogP contribution in [-0.4, -0.2) is 21.5 Å². The maximum Gasteiger partial charge on any atom is 0.170 e. The molecule has 94 valence electrons. The van der Waals surface area contributed by atoms with Gasteiger partial charge in [0.15, 0.2) is 5.78 Å². The lowest BCUT2D eigenvalue weighted by Crippen LogP contribution is -2.42. The van der Waals surface area contributed by atoms with Gasteiger partial charge in [0.2, 0.25) is 0 Å². The summed E-state index contributed by atoms with van der Waals surface area (Å²) in [5.74, 6) is 0.569. The molecule has 0 bridgehead atoms. The molecule has 4 heteroatoms. The molecule has 0 aromatic carbocycles. The molecule has 0 unspecified atom stereocenters. The number of carbonyl (C=O) groups excluding carboxylic acids is 1. The van der Waals surface area contributed by atoms with Gasteiger partial charge in [-0.15, -0.1) is 11.3 Å². The Kier molecular flexibility index (Phi) is 3.64. The summed E-state index contributed by atoms with van der Waals surface area (Å²) in [6.45, 7) is 4.10. The van der Waals surface area contributed by atoms with Gasteiger partial charge >= 0.3 is 0 Å². The smallest absolute Gasteiger partial charge is 0.170 e. The summed E-state index contributed by atoms with van der Waals surface area (Å²) < 4.78 is 0. The number of carbonyl (C=O) groups is 1. The first-order chi connectivity index (χ1) is 7.99. The van der Waals surface area contributed by atoms with Crippen molar-refractivity contribution in [2.75, 3.05) is 0 Å². The van der Waals surface area contributed by atoms with Crippen molar-refractivity contribution in [3.05, 3.63) is 16.1 Å². The van der Waals surface area contributed by atoms with E-state index in [-0.39, 0.29) is 12.2 Å². The first-order valence-electron chi connectivity index (χ1n) is 6.16. The maximum absolute atomic E-state index is 12.1. The Bertz CT molecular complexity index is 405. The van der Waals surface area contributed by atoms with E-state index in [0.29, 0.717) is 18.8 Å². The van der Waals surface area contributed by atoms with Crippen molar-refractivity contribution in [2.45, 2.75) is 51.6 Å². The van der Waals surface area contributed by atoms with E-state index in [4.69, 9.17) is 0 Å². The van der Waals surface area contributed by atoms with Gasteiger partial charge < -0.3 is 5.11 Å². The zero-order valence-electron chi connectivity index (χ0n) is 10.4. The molecule has 17 heavy (non-hydrogen) atoms. The highest BCUT2D eigenvalue weighted by atomic mass is 32.1. The predicted molar refractivity (Wildman–Crippen MR) is 68.1 cm³/mol. The molecule has 1 N–H and O–H groups in total. The minimum absolute atomic E-state index is 0.0605. The lowest BCUT2D eigenvalue weighted by Gasteiger charge is -2.33. The molecule has 1 fully saturated rings. The summed E-state index contributed by atoms with van der Waals surface area (Å²) in [7, 11) is 0. The minimum atomic E-state index is -1.09. The average molecular weight is 253 g/mol. The summed E-state index contributed by atoms with van der Waals surface area (Å²) in [4.78, 5) is 16.4. The van der Waals surface area contributed by atoms with E-state index in [9.17, 15) is 9.90 Å². The fourth-order valence-electron chi connectivity index (χ4n) is 2.34. The Balaban J connectivity index is 2.00. The van der Waals surface area contributed by atoms with Crippen LogP contribution in [0.2, 0.25) is 0 Å². The molecule has 0 amide bonds. The lowest BCUT2D eigenvalue weighted by molar-refractivity contribution is -0.140. The van der Waals surface area contributed by atoms with Crippen LogP contribution in [0.5, 0.6) is 0 Å². The van der Waals surface area contributed by atoms with E-state index < -0.39 is 5.60 Å². The summed E-state index contributed by atoms with van der Waals surface area (Å²) in [5, 5.41) is 13.2. The second-order valence-electron chi connectivity index (χ2n) is 5.17. The minimum Gasteiger partial charge on any atom is -0.382 e. The zero-order valence-corrected chi connectivity index (χ0v) is 11.2. The second-order valence-corrected chi connectivity index (χ2v) is 6.23. The van der Waals surface area contributed by atoms with Crippen LogP contribution in [0.4, 0.5) is 0 Å². The van der Waals surface area contributed by atoms with E-state index in [0.717, 1.165) is 23.5 Å². The summed E-state index contributed by atoms with van der Waals surface area (Å²) in [5.41, 5.74) is -0.297. The normalized spacial score (nSPS) is 29.2. The molecule has 1 aliphatic rings. The van der Waals surface area contributed by atoms with Crippen molar-refractivity contribution in [1.29, 1.82) is 0 Å². The van der Waals surface area contributed by atoms with Crippen molar-refractivity contribution in [3.8, 4) is 0 Å².